The van der Waals surface area contributed by atoms with Gasteiger partial charge in [0.2, 0.25) is 5.91 Å². The Hall–Kier alpha value is -0.610. The van der Waals surface area contributed by atoms with Gasteiger partial charge in [-0.2, -0.15) is 0 Å². The van der Waals surface area contributed by atoms with E-state index >= 15 is 0 Å². The van der Waals surface area contributed by atoms with E-state index in [1.165, 1.54) is 12.8 Å². The SMILES string of the molecule is CC(=O)NCCCCC1CNCCN1. The van der Waals surface area contributed by atoms with Gasteiger partial charge in [0.05, 0.1) is 0 Å². The van der Waals surface area contributed by atoms with Crippen molar-refractivity contribution >= 4 is 5.91 Å². The zero-order valence-electron chi connectivity index (χ0n) is 8.94. The molecule has 1 aliphatic heterocycles. The van der Waals surface area contributed by atoms with Crippen LogP contribution in [0.2, 0.25) is 0 Å². The van der Waals surface area contributed by atoms with Crippen molar-refractivity contribution in [2.24, 2.45) is 0 Å². The van der Waals surface area contributed by atoms with Crippen LogP contribution in [0.4, 0.5) is 0 Å². The molecule has 0 bridgehead atoms. The molecule has 1 saturated heterocycles. The Morgan fingerprint density at radius 2 is 2.29 bits per heavy atom. The highest BCUT2D eigenvalue weighted by atomic mass is 16.1. The lowest BCUT2D eigenvalue weighted by molar-refractivity contribution is -0.118. The average molecular weight is 199 g/mol. The first kappa shape index (κ1) is 11.5. The number of unbranched alkanes of at least 4 members (excludes halogenated alkanes) is 1. The Balaban J connectivity index is 1.90. The van der Waals surface area contributed by atoms with Crippen molar-refractivity contribution in [3.05, 3.63) is 0 Å². The molecular formula is C10H21N3O. The number of carbonyl (C=O) groups excluding carboxylic acids is 1. The number of carbonyl (C=O) groups is 1. The van der Waals surface area contributed by atoms with Crippen molar-refractivity contribution in [2.45, 2.75) is 32.2 Å². The molecule has 3 N–H and O–H groups in total. The highest BCUT2D eigenvalue weighted by molar-refractivity contribution is 5.72. The lowest BCUT2D eigenvalue weighted by Crippen LogP contribution is -2.48. The van der Waals surface area contributed by atoms with Gasteiger partial charge in [0.15, 0.2) is 0 Å². The normalized spacial score (nSPS) is 21.9. The number of nitrogens with one attached hydrogen (secondary N) is 3. The second-order valence-electron chi connectivity index (χ2n) is 3.83. The van der Waals surface area contributed by atoms with Crippen LogP contribution in [0.15, 0.2) is 0 Å². The van der Waals surface area contributed by atoms with Gasteiger partial charge in [-0.3, -0.25) is 4.79 Å². The first-order chi connectivity index (χ1) is 6.79. The predicted octanol–water partition coefficient (Wildman–Crippen LogP) is -0.146. The molecule has 1 fully saturated rings. The van der Waals surface area contributed by atoms with Crippen LogP contribution in [-0.2, 0) is 4.79 Å². The molecule has 4 nitrogen and oxygen atoms in total. The third kappa shape index (κ3) is 5.19. The van der Waals surface area contributed by atoms with E-state index in [9.17, 15) is 4.79 Å². The van der Waals surface area contributed by atoms with Crippen LogP contribution in [0.1, 0.15) is 26.2 Å². The zero-order chi connectivity index (χ0) is 10.2. The molecule has 1 aliphatic rings. The Kier molecular flexibility index (Phi) is 5.56. The summed E-state index contributed by atoms with van der Waals surface area (Å²) in [5, 5.41) is 9.64. The Morgan fingerprint density at radius 1 is 1.43 bits per heavy atom. The molecule has 0 aromatic carbocycles. The maximum absolute atomic E-state index is 10.6. The molecule has 1 heterocycles. The maximum Gasteiger partial charge on any atom is 0.216 e. The zero-order valence-corrected chi connectivity index (χ0v) is 8.94. The smallest absolute Gasteiger partial charge is 0.216 e. The lowest BCUT2D eigenvalue weighted by atomic mass is 10.1. The molecule has 14 heavy (non-hydrogen) atoms. The summed E-state index contributed by atoms with van der Waals surface area (Å²) >= 11 is 0. The lowest BCUT2D eigenvalue weighted by Gasteiger charge is -2.24. The van der Waals surface area contributed by atoms with Gasteiger partial charge in [0.1, 0.15) is 0 Å². The van der Waals surface area contributed by atoms with Crippen molar-refractivity contribution in [3.8, 4) is 0 Å². The summed E-state index contributed by atoms with van der Waals surface area (Å²) in [6.07, 6.45) is 3.46. The highest BCUT2D eigenvalue weighted by Gasteiger charge is 2.10. The predicted molar refractivity (Wildman–Crippen MR) is 57.2 cm³/mol. The molecule has 1 rings (SSSR count). The second kappa shape index (κ2) is 6.79. The monoisotopic (exact) mass is 199 g/mol. The van der Waals surface area contributed by atoms with E-state index in [0.717, 1.165) is 32.6 Å². The van der Waals surface area contributed by atoms with E-state index in [0.29, 0.717) is 6.04 Å². The van der Waals surface area contributed by atoms with E-state index in [1.807, 2.05) is 0 Å². The van der Waals surface area contributed by atoms with Gasteiger partial charge in [-0.15, -0.1) is 0 Å². The van der Waals surface area contributed by atoms with Crippen LogP contribution in [0, 0.1) is 0 Å². The van der Waals surface area contributed by atoms with Gasteiger partial charge in [-0.1, -0.05) is 6.42 Å². The molecule has 0 aliphatic carbocycles. The molecular weight excluding hydrogens is 178 g/mol. The van der Waals surface area contributed by atoms with Gasteiger partial charge >= 0.3 is 0 Å². The summed E-state index contributed by atoms with van der Waals surface area (Å²) in [6, 6.07) is 0.626. The Bertz CT molecular complexity index is 167. The molecule has 1 amide bonds. The van der Waals surface area contributed by atoms with Crippen LogP contribution >= 0.6 is 0 Å². The number of hydrogen-bond acceptors (Lipinski definition) is 3. The van der Waals surface area contributed by atoms with E-state index in [-0.39, 0.29) is 5.91 Å². The molecule has 0 spiro atoms. The second-order valence-corrected chi connectivity index (χ2v) is 3.83. The van der Waals surface area contributed by atoms with Gasteiger partial charge in [0.25, 0.3) is 0 Å². The van der Waals surface area contributed by atoms with Crippen LogP contribution < -0.4 is 16.0 Å². The molecule has 4 heteroatoms. The fourth-order valence-corrected chi connectivity index (χ4v) is 1.70. The first-order valence-electron chi connectivity index (χ1n) is 5.47. The summed E-state index contributed by atoms with van der Waals surface area (Å²) in [6.45, 7) is 5.63. The minimum absolute atomic E-state index is 0.0717. The summed E-state index contributed by atoms with van der Waals surface area (Å²) in [4.78, 5) is 10.6. The van der Waals surface area contributed by atoms with Gasteiger partial charge in [-0.25, -0.2) is 0 Å². The third-order valence-electron chi connectivity index (χ3n) is 2.48. The number of amides is 1. The Morgan fingerprint density at radius 3 is 2.93 bits per heavy atom. The first-order valence-corrected chi connectivity index (χ1v) is 5.47. The van der Waals surface area contributed by atoms with Crippen LogP contribution in [0.25, 0.3) is 0 Å². The molecule has 1 atom stereocenters. The summed E-state index contributed by atoms with van der Waals surface area (Å²) in [5.41, 5.74) is 0. The van der Waals surface area contributed by atoms with Crippen LogP contribution in [0.5, 0.6) is 0 Å². The minimum atomic E-state index is 0.0717. The van der Waals surface area contributed by atoms with Crippen molar-refractivity contribution in [1.29, 1.82) is 0 Å². The molecule has 0 saturated carbocycles. The minimum Gasteiger partial charge on any atom is -0.356 e. The largest absolute Gasteiger partial charge is 0.356 e. The quantitative estimate of drug-likeness (QED) is 0.540. The highest BCUT2D eigenvalue weighted by Crippen LogP contribution is 2.01. The average Bonchev–Trinajstić information content (AvgIpc) is 2.18. The maximum atomic E-state index is 10.6. The van der Waals surface area contributed by atoms with E-state index in [2.05, 4.69) is 16.0 Å². The fourth-order valence-electron chi connectivity index (χ4n) is 1.70. The molecule has 0 aromatic rings. The van der Waals surface area contributed by atoms with Crippen molar-refractivity contribution in [1.82, 2.24) is 16.0 Å². The van der Waals surface area contributed by atoms with Gasteiger partial charge < -0.3 is 16.0 Å². The number of rotatable bonds is 5. The van der Waals surface area contributed by atoms with Crippen molar-refractivity contribution in [2.75, 3.05) is 26.2 Å². The topological polar surface area (TPSA) is 53.2 Å². The summed E-state index contributed by atoms with van der Waals surface area (Å²) < 4.78 is 0. The third-order valence-corrected chi connectivity index (χ3v) is 2.48. The fraction of sp³-hybridized carbons (Fsp3) is 0.900. The molecule has 82 valence electrons. The standard InChI is InChI=1S/C10H21N3O/c1-9(14)12-5-3-2-4-10-8-11-6-7-13-10/h10-11,13H,2-8H2,1H3,(H,12,14). The Labute approximate surface area is 85.8 Å². The van der Waals surface area contributed by atoms with Crippen molar-refractivity contribution in [3.63, 3.8) is 0 Å². The van der Waals surface area contributed by atoms with Gasteiger partial charge in [-0.05, 0) is 12.8 Å². The molecule has 0 radical (unpaired) electrons. The van der Waals surface area contributed by atoms with E-state index in [1.54, 1.807) is 6.92 Å². The summed E-state index contributed by atoms with van der Waals surface area (Å²) in [5.74, 6) is 0.0717. The van der Waals surface area contributed by atoms with Gasteiger partial charge in [0, 0.05) is 39.1 Å². The molecule has 1 unspecified atom stereocenters. The van der Waals surface area contributed by atoms with E-state index < -0.39 is 0 Å². The summed E-state index contributed by atoms with van der Waals surface area (Å²) in [7, 11) is 0. The number of piperazine rings is 1. The van der Waals surface area contributed by atoms with Crippen molar-refractivity contribution < 1.29 is 4.79 Å². The molecule has 0 aromatic heterocycles. The van der Waals surface area contributed by atoms with Crippen LogP contribution in [0.3, 0.4) is 0 Å². The number of hydrogen-bond donors (Lipinski definition) is 3. The van der Waals surface area contributed by atoms with E-state index in [4.69, 9.17) is 0 Å². The van der Waals surface area contributed by atoms with Crippen LogP contribution in [-0.4, -0.2) is 38.1 Å².